The van der Waals surface area contributed by atoms with Crippen LogP contribution in [-0.4, -0.2) is 32.1 Å². The van der Waals surface area contributed by atoms with Crippen LogP contribution in [0.4, 0.5) is 0 Å². The highest BCUT2D eigenvalue weighted by Gasteiger charge is 2.00. The Balaban J connectivity index is 2.52. The van der Waals surface area contributed by atoms with Crippen LogP contribution in [0.5, 0.6) is 5.75 Å². The molecule has 2 N–H and O–H groups in total. The monoisotopic (exact) mass is 272 g/mol. The number of hydrogen-bond donors (Lipinski definition) is 1. The molecule has 1 aromatic rings. The molecule has 3 nitrogen and oxygen atoms in total. The van der Waals surface area contributed by atoms with Crippen LogP contribution in [0.2, 0.25) is 0 Å². The molecule has 0 aliphatic heterocycles. The van der Waals surface area contributed by atoms with Gasteiger partial charge in [0.2, 0.25) is 0 Å². The number of hydrogen-bond acceptors (Lipinski definition) is 3. The van der Waals surface area contributed by atoms with E-state index in [4.69, 9.17) is 10.5 Å². The Kier molecular flexibility index (Phi) is 5.08. The summed E-state index contributed by atoms with van der Waals surface area (Å²) in [6.07, 6.45) is 0. The van der Waals surface area contributed by atoms with Crippen molar-refractivity contribution in [1.29, 1.82) is 0 Å². The number of nitrogens with zero attached hydrogens (tertiary/aromatic N) is 1. The first-order valence-corrected chi connectivity index (χ1v) is 5.69. The van der Waals surface area contributed by atoms with Crippen molar-refractivity contribution < 1.29 is 4.74 Å². The van der Waals surface area contributed by atoms with Gasteiger partial charge in [0, 0.05) is 17.6 Å². The SMILES string of the molecule is CN(C)CCOc1ccc(CN)c(Br)c1. The molecule has 0 spiro atoms. The Morgan fingerprint density at radius 3 is 2.67 bits per heavy atom. The van der Waals surface area contributed by atoms with Crippen LogP contribution < -0.4 is 10.5 Å². The van der Waals surface area contributed by atoms with Crippen molar-refractivity contribution in [2.45, 2.75) is 6.54 Å². The molecular weight excluding hydrogens is 256 g/mol. The average molecular weight is 273 g/mol. The van der Waals surface area contributed by atoms with Crippen LogP contribution in [0, 0.1) is 0 Å². The van der Waals surface area contributed by atoms with Crippen molar-refractivity contribution in [2.75, 3.05) is 27.2 Å². The van der Waals surface area contributed by atoms with E-state index in [2.05, 4.69) is 20.8 Å². The van der Waals surface area contributed by atoms with E-state index in [0.29, 0.717) is 13.2 Å². The minimum absolute atomic E-state index is 0.540. The minimum atomic E-state index is 0.540. The summed E-state index contributed by atoms with van der Waals surface area (Å²) >= 11 is 3.46. The van der Waals surface area contributed by atoms with Gasteiger partial charge in [-0.1, -0.05) is 22.0 Å². The van der Waals surface area contributed by atoms with Gasteiger partial charge in [0.1, 0.15) is 12.4 Å². The van der Waals surface area contributed by atoms with Crippen LogP contribution in [0.25, 0.3) is 0 Å². The summed E-state index contributed by atoms with van der Waals surface area (Å²) in [7, 11) is 4.05. The lowest BCUT2D eigenvalue weighted by Gasteiger charge is -2.11. The zero-order valence-corrected chi connectivity index (χ0v) is 10.8. The van der Waals surface area contributed by atoms with Crippen molar-refractivity contribution in [3.8, 4) is 5.75 Å². The molecule has 0 atom stereocenters. The summed E-state index contributed by atoms with van der Waals surface area (Å²) in [5, 5.41) is 0. The van der Waals surface area contributed by atoms with Crippen LogP contribution in [0.15, 0.2) is 22.7 Å². The van der Waals surface area contributed by atoms with Gasteiger partial charge in [-0.2, -0.15) is 0 Å². The van der Waals surface area contributed by atoms with E-state index >= 15 is 0 Å². The predicted molar refractivity (Wildman–Crippen MR) is 66.1 cm³/mol. The van der Waals surface area contributed by atoms with E-state index in [-0.39, 0.29) is 0 Å². The van der Waals surface area contributed by atoms with Crippen LogP contribution in [-0.2, 0) is 6.54 Å². The van der Waals surface area contributed by atoms with Gasteiger partial charge >= 0.3 is 0 Å². The summed E-state index contributed by atoms with van der Waals surface area (Å²) in [6, 6.07) is 5.88. The second kappa shape index (κ2) is 6.10. The number of nitrogens with two attached hydrogens (primary N) is 1. The molecule has 84 valence electrons. The maximum atomic E-state index is 5.58. The smallest absolute Gasteiger partial charge is 0.120 e. The van der Waals surface area contributed by atoms with Gasteiger partial charge in [-0.25, -0.2) is 0 Å². The first-order chi connectivity index (χ1) is 7.13. The lowest BCUT2D eigenvalue weighted by Crippen LogP contribution is -2.19. The molecule has 0 heterocycles. The minimum Gasteiger partial charge on any atom is -0.492 e. The molecular formula is C11H17BrN2O. The van der Waals surface area contributed by atoms with E-state index in [1.807, 2.05) is 32.3 Å². The van der Waals surface area contributed by atoms with Gasteiger partial charge in [-0.05, 0) is 31.8 Å². The van der Waals surface area contributed by atoms with Gasteiger partial charge in [0.25, 0.3) is 0 Å². The highest BCUT2D eigenvalue weighted by Crippen LogP contribution is 2.22. The van der Waals surface area contributed by atoms with Gasteiger partial charge in [0.05, 0.1) is 0 Å². The number of benzene rings is 1. The van der Waals surface area contributed by atoms with E-state index in [1.165, 1.54) is 0 Å². The Hall–Kier alpha value is -0.580. The highest BCUT2D eigenvalue weighted by atomic mass is 79.9. The molecule has 0 saturated carbocycles. The van der Waals surface area contributed by atoms with Gasteiger partial charge in [-0.3, -0.25) is 0 Å². The maximum absolute atomic E-state index is 5.58. The number of halogens is 1. The lowest BCUT2D eigenvalue weighted by atomic mass is 10.2. The average Bonchev–Trinajstić information content (AvgIpc) is 2.17. The van der Waals surface area contributed by atoms with Gasteiger partial charge in [-0.15, -0.1) is 0 Å². The third-order valence-electron chi connectivity index (χ3n) is 2.05. The van der Waals surface area contributed by atoms with Crippen molar-refractivity contribution in [1.82, 2.24) is 4.90 Å². The maximum Gasteiger partial charge on any atom is 0.120 e. The van der Waals surface area contributed by atoms with Crippen molar-refractivity contribution in [3.05, 3.63) is 28.2 Å². The number of rotatable bonds is 5. The standard InChI is InChI=1S/C11H17BrN2O/c1-14(2)5-6-15-10-4-3-9(8-13)11(12)7-10/h3-4,7H,5-6,8,13H2,1-2H3. The summed E-state index contributed by atoms with van der Waals surface area (Å²) in [4.78, 5) is 2.09. The normalized spacial score (nSPS) is 10.7. The first-order valence-electron chi connectivity index (χ1n) is 4.89. The third kappa shape index (κ3) is 4.20. The first kappa shape index (κ1) is 12.5. The molecule has 0 saturated heterocycles. The zero-order valence-electron chi connectivity index (χ0n) is 9.16. The molecule has 1 aromatic carbocycles. The number of ether oxygens (including phenoxy) is 1. The number of likely N-dealkylation sites (N-methyl/N-ethyl adjacent to an activating group) is 1. The van der Waals surface area contributed by atoms with Crippen LogP contribution in [0.3, 0.4) is 0 Å². The summed E-state index contributed by atoms with van der Waals surface area (Å²) in [5.41, 5.74) is 6.66. The second-order valence-electron chi connectivity index (χ2n) is 3.61. The molecule has 0 aromatic heterocycles. The van der Waals surface area contributed by atoms with Crippen molar-refractivity contribution >= 4 is 15.9 Å². The van der Waals surface area contributed by atoms with Crippen LogP contribution in [0.1, 0.15) is 5.56 Å². The van der Waals surface area contributed by atoms with Crippen molar-refractivity contribution in [2.24, 2.45) is 5.73 Å². The van der Waals surface area contributed by atoms with E-state index < -0.39 is 0 Å². The van der Waals surface area contributed by atoms with Crippen LogP contribution >= 0.6 is 15.9 Å². The zero-order chi connectivity index (χ0) is 11.3. The van der Waals surface area contributed by atoms with Gasteiger partial charge < -0.3 is 15.4 Å². The Bertz CT molecular complexity index is 315. The molecule has 0 unspecified atom stereocenters. The van der Waals surface area contributed by atoms with Gasteiger partial charge in [0.15, 0.2) is 0 Å². The summed E-state index contributed by atoms with van der Waals surface area (Å²) < 4.78 is 6.59. The topological polar surface area (TPSA) is 38.5 Å². The molecule has 0 radical (unpaired) electrons. The quantitative estimate of drug-likeness (QED) is 0.889. The Morgan fingerprint density at radius 2 is 2.13 bits per heavy atom. The van der Waals surface area contributed by atoms with E-state index in [9.17, 15) is 0 Å². The van der Waals surface area contributed by atoms with E-state index in [1.54, 1.807) is 0 Å². The molecule has 0 amide bonds. The fraction of sp³-hybridized carbons (Fsp3) is 0.455. The van der Waals surface area contributed by atoms with E-state index in [0.717, 1.165) is 22.3 Å². The molecule has 4 heteroatoms. The fourth-order valence-corrected chi connectivity index (χ4v) is 1.65. The second-order valence-corrected chi connectivity index (χ2v) is 4.46. The largest absolute Gasteiger partial charge is 0.492 e. The Labute approximate surface area is 99.3 Å². The highest BCUT2D eigenvalue weighted by molar-refractivity contribution is 9.10. The predicted octanol–water partition coefficient (Wildman–Crippen LogP) is 1.85. The molecule has 0 aliphatic rings. The molecule has 15 heavy (non-hydrogen) atoms. The molecule has 1 rings (SSSR count). The lowest BCUT2D eigenvalue weighted by molar-refractivity contribution is 0.261. The summed E-state index contributed by atoms with van der Waals surface area (Å²) in [6.45, 7) is 2.15. The summed E-state index contributed by atoms with van der Waals surface area (Å²) in [5.74, 6) is 0.876. The third-order valence-corrected chi connectivity index (χ3v) is 2.79. The van der Waals surface area contributed by atoms with Crippen molar-refractivity contribution in [3.63, 3.8) is 0 Å². The Morgan fingerprint density at radius 1 is 1.40 bits per heavy atom. The fourth-order valence-electron chi connectivity index (χ4n) is 1.13. The molecule has 0 bridgehead atoms. The molecule has 0 fully saturated rings. The molecule has 0 aliphatic carbocycles.